The number of rotatable bonds is 7. The first-order valence-corrected chi connectivity index (χ1v) is 13.5. The highest BCUT2D eigenvalue weighted by Crippen LogP contribution is 2.29. The largest absolute Gasteiger partial charge is 0.478 e. The third-order valence-corrected chi connectivity index (χ3v) is 7.22. The number of carboxylic acid groups (broad SMARTS) is 1. The summed E-state index contributed by atoms with van der Waals surface area (Å²) in [6.07, 6.45) is 2.02. The lowest BCUT2D eigenvalue weighted by molar-refractivity contribution is 0.0506. The van der Waals surface area contributed by atoms with E-state index in [1.54, 1.807) is 30.9 Å². The summed E-state index contributed by atoms with van der Waals surface area (Å²) in [6, 6.07) is 6.19. The number of nitrogens with zero attached hydrogens (tertiary/aromatic N) is 5. The van der Waals surface area contributed by atoms with Gasteiger partial charge in [0.05, 0.1) is 33.7 Å². The Kier molecular flexibility index (Phi) is 8.30. The number of aromatic nitrogens is 3. The summed E-state index contributed by atoms with van der Waals surface area (Å²) >= 11 is 5.81. The van der Waals surface area contributed by atoms with Crippen molar-refractivity contribution in [3.05, 3.63) is 69.5 Å². The molecule has 0 spiro atoms. The molecule has 3 heterocycles. The minimum atomic E-state index is -0.996. The predicted molar refractivity (Wildman–Crippen MR) is 153 cm³/mol. The van der Waals surface area contributed by atoms with Crippen LogP contribution in [-0.4, -0.2) is 62.0 Å². The van der Waals surface area contributed by atoms with Gasteiger partial charge in [-0.3, -0.25) is 4.79 Å². The fourth-order valence-electron chi connectivity index (χ4n) is 5.04. The van der Waals surface area contributed by atoms with Crippen molar-refractivity contribution in [1.29, 1.82) is 0 Å². The number of carboxylic acids is 1. The van der Waals surface area contributed by atoms with Gasteiger partial charge in [-0.1, -0.05) is 25.4 Å². The van der Waals surface area contributed by atoms with Crippen LogP contribution in [0.5, 0.6) is 0 Å². The van der Waals surface area contributed by atoms with E-state index in [0.717, 1.165) is 0 Å². The van der Waals surface area contributed by atoms with Crippen LogP contribution in [0.3, 0.4) is 0 Å². The minimum Gasteiger partial charge on any atom is -0.478 e. The van der Waals surface area contributed by atoms with Crippen molar-refractivity contribution < 1.29 is 19.1 Å². The van der Waals surface area contributed by atoms with Crippen LogP contribution in [0.4, 0.5) is 21.7 Å². The molecule has 0 atom stereocenters. The number of hydrogen-bond acceptors (Lipinski definition) is 7. The summed E-state index contributed by atoms with van der Waals surface area (Å²) < 4.78 is 14.0. The van der Waals surface area contributed by atoms with Crippen molar-refractivity contribution in [2.24, 2.45) is 5.92 Å². The number of hydrogen-bond donors (Lipinski definition) is 2. The summed E-state index contributed by atoms with van der Waals surface area (Å²) in [7, 11) is 0. The van der Waals surface area contributed by atoms with Gasteiger partial charge in [0.25, 0.3) is 5.91 Å². The number of piperazine rings is 1. The van der Waals surface area contributed by atoms with E-state index in [4.69, 9.17) is 16.6 Å². The molecule has 1 aromatic carbocycles. The summed E-state index contributed by atoms with van der Waals surface area (Å²) in [4.78, 5) is 42.9. The van der Waals surface area contributed by atoms with E-state index in [9.17, 15) is 19.1 Å². The quantitative estimate of drug-likeness (QED) is 0.375. The number of anilines is 3. The molecule has 2 aromatic heterocycles. The number of pyridine rings is 1. The number of carbonyl (C=O) groups excluding carboxylic acids is 1. The highest BCUT2D eigenvalue weighted by molar-refractivity contribution is 6.30. The number of halogens is 2. The Hall–Kier alpha value is -3.79. The number of benzene rings is 1. The molecule has 3 aromatic rings. The zero-order chi connectivity index (χ0) is 29.4. The Morgan fingerprint density at radius 1 is 1.18 bits per heavy atom. The zero-order valence-corrected chi connectivity index (χ0v) is 24.3. The standard InChI is InChI=1S/C29H34ClFN6O3/c1-16(2)11-22-26(34-19-7-8-20(30)21(31)13-19)32-14-23(35-22)27(38)37-10-9-36(15-29(37,5)6)24-12-17(3)25(28(39)40)18(4)33-24/h7-8,12-14,16H,9-11,15H2,1-6H3,(H,32,34)(H,39,40). The SMILES string of the molecule is Cc1cc(N2CCN(C(=O)c3cnc(Nc4ccc(Cl)c(F)c4)c(CC(C)C)n3)C(C)(C)C2)nc(C)c1C(=O)O. The number of nitrogens with one attached hydrogen (secondary N) is 1. The van der Waals surface area contributed by atoms with Crippen molar-refractivity contribution in [3.8, 4) is 0 Å². The number of aryl methyl sites for hydroxylation is 2. The van der Waals surface area contributed by atoms with Crippen molar-refractivity contribution in [2.75, 3.05) is 29.9 Å². The second kappa shape index (κ2) is 11.4. The molecule has 1 aliphatic heterocycles. The number of carbonyl (C=O) groups is 2. The van der Waals surface area contributed by atoms with Crippen LogP contribution < -0.4 is 10.2 Å². The lowest BCUT2D eigenvalue weighted by Crippen LogP contribution is -2.61. The van der Waals surface area contributed by atoms with E-state index in [1.807, 2.05) is 27.7 Å². The van der Waals surface area contributed by atoms with Gasteiger partial charge in [-0.25, -0.2) is 24.1 Å². The van der Waals surface area contributed by atoms with Gasteiger partial charge in [-0.05, 0) is 69.9 Å². The number of aromatic carboxylic acids is 1. The molecule has 11 heteroatoms. The molecule has 0 unspecified atom stereocenters. The predicted octanol–water partition coefficient (Wildman–Crippen LogP) is 5.66. The van der Waals surface area contributed by atoms with E-state index < -0.39 is 17.3 Å². The van der Waals surface area contributed by atoms with Crippen LogP contribution in [0.15, 0.2) is 30.5 Å². The third kappa shape index (κ3) is 6.17. The summed E-state index contributed by atoms with van der Waals surface area (Å²) in [5, 5.41) is 12.6. The Morgan fingerprint density at radius 2 is 1.90 bits per heavy atom. The first-order chi connectivity index (χ1) is 18.8. The third-order valence-electron chi connectivity index (χ3n) is 6.92. The van der Waals surface area contributed by atoms with Gasteiger partial charge in [0, 0.05) is 25.3 Å². The molecule has 9 nitrogen and oxygen atoms in total. The fraction of sp³-hybridized carbons (Fsp3) is 0.414. The molecule has 40 heavy (non-hydrogen) atoms. The molecule has 2 N–H and O–H groups in total. The summed E-state index contributed by atoms with van der Waals surface area (Å²) in [6.45, 7) is 13.0. The van der Waals surface area contributed by atoms with Crippen molar-refractivity contribution >= 4 is 40.8 Å². The minimum absolute atomic E-state index is 0.0287. The van der Waals surface area contributed by atoms with Crippen LogP contribution in [-0.2, 0) is 6.42 Å². The molecule has 4 rings (SSSR count). The Bertz CT molecular complexity index is 1440. The van der Waals surface area contributed by atoms with Crippen LogP contribution in [0.1, 0.15) is 65.5 Å². The van der Waals surface area contributed by atoms with E-state index >= 15 is 0 Å². The van der Waals surface area contributed by atoms with Crippen LogP contribution in [0.25, 0.3) is 0 Å². The van der Waals surface area contributed by atoms with Gasteiger partial charge >= 0.3 is 5.97 Å². The maximum absolute atomic E-state index is 14.0. The van der Waals surface area contributed by atoms with Crippen molar-refractivity contribution in [3.63, 3.8) is 0 Å². The second-order valence-corrected chi connectivity index (χ2v) is 11.6. The number of amides is 1. The van der Waals surface area contributed by atoms with E-state index in [1.165, 1.54) is 18.3 Å². The Labute approximate surface area is 238 Å². The van der Waals surface area contributed by atoms with E-state index in [0.29, 0.717) is 60.3 Å². The molecule has 0 aliphatic carbocycles. The first kappa shape index (κ1) is 29.2. The monoisotopic (exact) mass is 568 g/mol. The van der Waals surface area contributed by atoms with Crippen LogP contribution in [0.2, 0.25) is 5.02 Å². The lowest BCUT2D eigenvalue weighted by atomic mass is 9.97. The Morgan fingerprint density at radius 3 is 2.50 bits per heavy atom. The summed E-state index contributed by atoms with van der Waals surface area (Å²) in [5.41, 5.74) is 2.08. The lowest BCUT2D eigenvalue weighted by Gasteiger charge is -2.47. The topological polar surface area (TPSA) is 112 Å². The van der Waals surface area contributed by atoms with Gasteiger partial charge in [-0.15, -0.1) is 0 Å². The van der Waals surface area contributed by atoms with Gasteiger partial charge in [0.1, 0.15) is 17.3 Å². The van der Waals surface area contributed by atoms with Gasteiger partial charge in [-0.2, -0.15) is 0 Å². The normalized spacial score (nSPS) is 14.9. The molecular formula is C29H34ClFN6O3. The zero-order valence-electron chi connectivity index (χ0n) is 23.5. The average Bonchev–Trinajstić information content (AvgIpc) is 2.85. The van der Waals surface area contributed by atoms with Gasteiger partial charge in [0.15, 0.2) is 5.82 Å². The molecule has 1 saturated heterocycles. The molecule has 1 amide bonds. The molecule has 212 valence electrons. The molecular weight excluding hydrogens is 535 g/mol. The smallest absolute Gasteiger partial charge is 0.337 e. The van der Waals surface area contributed by atoms with E-state index in [2.05, 4.69) is 20.2 Å². The van der Waals surface area contributed by atoms with Crippen LogP contribution >= 0.6 is 11.6 Å². The van der Waals surface area contributed by atoms with Crippen molar-refractivity contribution in [1.82, 2.24) is 19.9 Å². The molecule has 0 radical (unpaired) electrons. The Balaban J connectivity index is 1.57. The molecule has 0 bridgehead atoms. The maximum Gasteiger partial charge on any atom is 0.337 e. The molecule has 1 aliphatic rings. The van der Waals surface area contributed by atoms with E-state index in [-0.39, 0.29) is 28.1 Å². The second-order valence-electron chi connectivity index (χ2n) is 11.2. The van der Waals surface area contributed by atoms with Crippen LogP contribution in [0, 0.1) is 25.6 Å². The maximum atomic E-state index is 14.0. The summed E-state index contributed by atoms with van der Waals surface area (Å²) in [5.74, 6) is -0.381. The van der Waals surface area contributed by atoms with Crippen molar-refractivity contribution in [2.45, 2.75) is 53.5 Å². The molecule has 1 fully saturated rings. The fourth-order valence-corrected chi connectivity index (χ4v) is 5.15. The first-order valence-electron chi connectivity index (χ1n) is 13.1. The highest BCUT2D eigenvalue weighted by atomic mass is 35.5. The van der Waals surface area contributed by atoms with Gasteiger partial charge < -0.3 is 20.2 Å². The van der Waals surface area contributed by atoms with Gasteiger partial charge in [0.2, 0.25) is 0 Å². The highest BCUT2D eigenvalue weighted by Gasteiger charge is 2.38. The molecule has 0 saturated carbocycles. The average molecular weight is 569 g/mol.